The van der Waals surface area contributed by atoms with Crippen molar-refractivity contribution in [3.05, 3.63) is 99.4 Å². The number of aliphatic hydroxyl groups excluding tert-OH is 1. The average molecular weight is 496 g/mol. The molecule has 1 N–H and O–H groups in total. The third-order valence-corrected chi connectivity index (χ3v) is 7.27. The van der Waals surface area contributed by atoms with Crippen LogP contribution in [-0.2, 0) is 16.4 Å². The zero-order valence-electron chi connectivity index (χ0n) is 19.0. The van der Waals surface area contributed by atoms with Gasteiger partial charge in [-0.15, -0.1) is 0 Å². The maximum Gasteiger partial charge on any atom is 0.259 e. The molecule has 7 heteroatoms. The van der Waals surface area contributed by atoms with Gasteiger partial charge < -0.3 is 9.67 Å². The van der Waals surface area contributed by atoms with Gasteiger partial charge in [-0.3, -0.25) is 4.79 Å². The number of pyridine rings is 1. The third-order valence-electron chi connectivity index (χ3n) is 5.91. The van der Waals surface area contributed by atoms with Crippen molar-refractivity contribution >= 4 is 32.2 Å². The summed E-state index contributed by atoms with van der Waals surface area (Å²) < 4.78 is 25.3. The quantitative estimate of drug-likeness (QED) is 0.361. The van der Waals surface area contributed by atoms with Gasteiger partial charge in [0.05, 0.1) is 23.2 Å². The van der Waals surface area contributed by atoms with Crippen molar-refractivity contribution in [3.8, 4) is 11.1 Å². The molecule has 4 rings (SSSR count). The van der Waals surface area contributed by atoms with Crippen LogP contribution in [-0.4, -0.2) is 24.3 Å². The van der Waals surface area contributed by atoms with Gasteiger partial charge >= 0.3 is 0 Å². The fourth-order valence-electron chi connectivity index (χ4n) is 4.28. The first-order valence-electron chi connectivity index (χ1n) is 11.1. The zero-order chi connectivity index (χ0) is 24.5. The Bertz CT molecular complexity index is 1490. The minimum absolute atomic E-state index is 0.192. The van der Waals surface area contributed by atoms with Crippen LogP contribution in [0.4, 0.5) is 0 Å². The van der Waals surface area contributed by atoms with Crippen molar-refractivity contribution in [3.63, 3.8) is 0 Å². The van der Waals surface area contributed by atoms with Gasteiger partial charge in [0, 0.05) is 22.2 Å². The van der Waals surface area contributed by atoms with Crippen LogP contribution in [0.5, 0.6) is 0 Å². The molecule has 1 aromatic heterocycles. The lowest BCUT2D eigenvalue weighted by Crippen LogP contribution is -2.27. The Balaban J connectivity index is 2.02. The molecule has 4 aromatic rings. The highest BCUT2D eigenvalue weighted by molar-refractivity contribution is 7.90. The van der Waals surface area contributed by atoms with Crippen molar-refractivity contribution in [1.82, 2.24) is 4.57 Å². The monoisotopic (exact) mass is 495 g/mol. The number of rotatable bonds is 7. The first kappa shape index (κ1) is 24.2. The molecule has 0 amide bonds. The fraction of sp³-hybridized carbons (Fsp3) is 0.222. The van der Waals surface area contributed by atoms with E-state index in [1.807, 2.05) is 37.3 Å². The van der Waals surface area contributed by atoms with Gasteiger partial charge in [-0.2, -0.15) is 0 Å². The topological polar surface area (TPSA) is 76.4 Å². The average Bonchev–Trinajstić information content (AvgIpc) is 2.81. The van der Waals surface area contributed by atoms with E-state index >= 15 is 0 Å². The van der Waals surface area contributed by atoms with Gasteiger partial charge in [0.1, 0.15) is 0 Å². The Morgan fingerprint density at radius 3 is 2.26 bits per heavy atom. The molecule has 1 unspecified atom stereocenters. The SMILES string of the molecule is CCCC(O)c1c(-c2ccccc2)c2cc(Cl)ccc2c(=O)n1Cc1ccc(S(C)(=O)=O)cc1. The van der Waals surface area contributed by atoms with Crippen LogP contribution in [0.3, 0.4) is 0 Å². The molecule has 0 saturated carbocycles. The van der Waals surface area contributed by atoms with Crippen LogP contribution in [0.25, 0.3) is 21.9 Å². The second-order valence-corrected chi connectivity index (χ2v) is 10.9. The van der Waals surface area contributed by atoms with Crippen LogP contribution in [0, 0.1) is 0 Å². The molecule has 0 spiro atoms. The summed E-state index contributed by atoms with van der Waals surface area (Å²) in [6.07, 6.45) is 1.51. The highest BCUT2D eigenvalue weighted by Crippen LogP contribution is 2.36. The van der Waals surface area contributed by atoms with Gasteiger partial charge in [-0.25, -0.2) is 8.42 Å². The van der Waals surface area contributed by atoms with E-state index in [2.05, 4.69) is 0 Å². The predicted octanol–water partition coefficient (Wildman–Crippen LogP) is 5.61. The lowest BCUT2D eigenvalue weighted by Gasteiger charge is -2.24. The van der Waals surface area contributed by atoms with Crippen molar-refractivity contribution in [1.29, 1.82) is 0 Å². The van der Waals surface area contributed by atoms with Crippen LogP contribution in [0.2, 0.25) is 5.02 Å². The number of fused-ring (bicyclic) bond motifs is 1. The molecule has 176 valence electrons. The Hall–Kier alpha value is -2.93. The van der Waals surface area contributed by atoms with Crippen molar-refractivity contribution in [2.24, 2.45) is 0 Å². The van der Waals surface area contributed by atoms with E-state index in [-0.39, 0.29) is 17.0 Å². The van der Waals surface area contributed by atoms with E-state index in [1.54, 1.807) is 34.9 Å². The molecule has 0 radical (unpaired) electrons. The largest absolute Gasteiger partial charge is 0.387 e. The maximum atomic E-state index is 13.7. The molecule has 5 nitrogen and oxygen atoms in total. The molecule has 1 atom stereocenters. The lowest BCUT2D eigenvalue weighted by molar-refractivity contribution is 0.157. The lowest BCUT2D eigenvalue weighted by atomic mass is 9.93. The number of hydrogen-bond acceptors (Lipinski definition) is 4. The predicted molar refractivity (Wildman–Crippen MR) is 137 cm³/mol. The van der Waals surface area contributed by atoms with Crippen LogP contribution in [0.1, 0.15) is 37.1 Å². The van der Waals surface area contributed by atoms with Crippen LogP contribution >= 0.6 is 11.6 Å². The molecule has 0 aliphatic rings. The summed E-state index contributed by atoms with van der Waals surface area (Å²) in [7, 11) is -3.33. The number of sulfone groups is 1. The second-order valence-electron chi connectivity index (χ2n) is 8.43. The Morgan fingerprint density at radius 2 is 1.65 bits per heavy atom. The van der Waals surface area contributed by atoms with E-state index in [0.717, 1.165) is 29.4 Å². The summed E-state index contributed by atoms with van der Waals surface area (Å²) in [6, 6.07) is 21.3. The summed E-state index contributed by atoms with van der Waals surface area (Å²) in [5.74, 6) is 0. The summed E-state index contributed by atoms with van der Waals surface area (Å²) in [4.78, 5) is 13.9. The summed E-state index contributed by atoms with van der Waals surface area (Å²) in [6.45, 7) is 2.17. The summed E-state index contributed by atoms with van der Waals surface area (Å²) in [5, 5.41) is 13.0. The fourth-order valence-corrected chi connectivity index (χ4v) is 5.09. The van der Waals surface area contributed by atoms with Gasteiger partial charge in [-0.1, -0.05) is 67.4 Å². The maximum absolute atomic E-state index is 13.7. The highest BCUT2D eigenvalue weighted by atomic mass is 35.5. The van der Waals surface area contributed by atoms with Crippen molar-refractivity contribution in [2.45, 2.75) is 37.3 Å². The molecule has 0 bridgehead atoms. The first-order chi connectivity index (χ1) is 16.2. The first-order valence-corrected chi connectivity index (χ1v) is 13.4. The Morgan fingerprint density at radius 1 is 0.971 bits per heavy atom. The number of aromatic nitrogens is 1. The third kappa shape index (κ3) is 4.80. The van der Waals surface area contributed by atoms with Crippen molar-refractivity contribution < 1.29 is 13.5 Å². The standard InChI is InChI=1S/C27H26ClNO4S/c1-3-7-24(30)26-25(19-8-5-4-6-9-19)23-16-20(28)12-15-22(23)27(31)29(26)17-18-10-13-21(14-11-18)34(2,32)33/h4-6,8-16,24,30H,3,7,17H2,1-2H3. The normalized spacial score (nSPS) is 12.7. The minimum Gasteiger partial charge on any atom is -0.387 e. The molecule has 34 heavy (non-hydrogen) atoms. The van der Waals surface area contributed by atoms with E-state index in [4.69, 9.17) is 11.6 Å². The smallest absolute Gasteiger partial charge is 0.259 e. The van der Waals surface area contributed by atoms with E-state index in [9.17, 15) is 18.3 Å². The van der Waals surface area contributed by atoms with E-state index < -0.39 is 15.9 Å². The number of hydrogen-bond donors (Lipinski definition) is 1. The molecule has 0 aliphatic heterocycles. The van der Waals surface area contributed by atoms with Gasteiger partial charge in [0.15, 0.2) is 9.84 Å². The van der Waals surface area contributed by atoms with E-state index in [1.165, 1.54) is 12.1 Å². The highest BCUT2D eigenvalue weighted by Gasteiger charge is 2.23. The minimum atomic E-state index is -3.33. The van der Waals surface area contributed by atoms with Crippen LogP contribution < -0.4 is 5.56 Å². The van der Waals surface area contributed by atoms with Gasteiger partial charge in [0.2, 0.25) is 0 Å². The zero-order valence-corrected chi connectivity index (χ0v) is 20.6. The van der Waals surface area contributed by atoms with Crippen LogP contribution in [0.15, 0.2) is 82.5 Å². The molecule has 1 heterocycles. The van der Waals surface area contributed by atoms with Crippen molar-refractivity contribution in [2.75, 3.05) is 6.26 Å². The summed E-state index contributed by atoms with van der Waals surface area (Å²) >= 11 is 6.32. The number of halogens is 1. The molecular formula is C27H26ClNO4S. The summed E-state index contributed by atoms with van der Waals surface area (Å²) in [5.41, 5.74) is 2.70. The number of benzene rings is 3. The molecule has 3 aromatic carbocycles. The second kappa shape index (κ2) is 9.74. The van der Waals surface area contributed by atoms with Gasteiger partial charge in [0.25, 0.3) is 5.56 Å². The number of aliphatic hydroxyl groups is 1. The van der Waals surface area contributed by atoms with Gasteiger partial charge in [-0.05, 0) is 53.3 Å². The Labute approximate surface area is 204 Å². The van der Waals surface area contributed by atoms with E-state index in [0.29, 0.717) is 27.9 Å². The molecule has 0 fully saturated rings. The molecule has 0 aliphatic carbocycles. The number of nitrogens with zero attached hydrogens (tertiary/aromatic N) is 1. The molecule has 0 saturated heterocycles. The molecular weight excluding hydrogens is 470 g/mol. The Kier molecular flexibility index (Phi) is 6.94.